The minimum Gasteiger partial charge on any atom is -0.490 e. The second-order valence-electron chi connectivity index (χ2n) is 5.56. The fourth-order valence-electron chi connectivity index (χ4n) is 3.00. The van der Waals surface area contributed by atoms with Gasteiger partial charge in [0.25, 0.3) is 0 Å². The summed E-state index contributed by atoms with van der Waals surface area (Å²) in [5.74, 6) is 0.930. The first-order chi connectivity index (χ1) is 9.71. The van der Waals surface area contributed by atoms with Crippen molar-refractivity contribution in [2.75, 3.05) is 6.54 Å². The van der Waals surface area contributed by atoms with E-state index in [2.05, 4.69) is 30.4 Å². The fourth-order valence-corrected chi connectivity index (χ4v) is 3.00. The van der Waals surface area contributed by atoms with Crippen molar-refractivity contribution in [2.45, 2.75) is 57.6 Å². The Bertz CT molecular complexity index is 476. The predicted octanol–water partition coefficient (Wildman–Crippen LogP) is 3.44. The summed E-state index contributed by atoms with van der Waals surface area (Å²) in [6.07, 6.45) is 4.92. The number of benzene rings is 1. The maximum Gasteiger partial charge on any atom is 0.119 e. The van der Waals surface area contributed by atoms with E-state index in [1.165, 1.54) is 5.56 Å². The molecule has 0 radical (unpaired) electrons. The Hall–Kier alpha value is -1.53. The van der Waals surface area contributed by atoms with Gasteiger partial charge in [-0.2, -0.15) is 5.26 Å². The molecule has 3 nitrogen and oxygen atoms in total. The van der Waals surface area contributed by atoms with Gasteiger partial charge >= 0.3 is 0 Å². The molecule has 1 aliphatic rings. The van der Waals surface area contributed by atoms with Crippen LogP contribution in [0.25, 0.3) is 0 Å². The van der Waals surface area contributed by atoms with Crippen LogP contribution in [0.1, 0.15) is 45.1 Å². The minimum atomic E-state index is -0.403. The van der Waals surface area contributed by atoms with Crippen molar-refractivity contribution in [1.29, 1.82) is 5.26 Å². The molecule has 20 heavy (non-hydrogen) atoms. The number of nitrogens with one attached hydrogen (secondary N) is 1. The SMILES string of the molecule is CCNC1(C#N)CCCC(Oc2cccc(CC)c2)C1. The van der Waals surface area contributed by atoms with Gasteiger partial charge in [0.2, 0.25) is 0 Å². The standard InChI is InChI=1S/C17H24N2O/c1-3-14-7-5-8-15(11-14)20-16-9-6-10-17(12-16,13-18)19-4-2/h5,7-8,11,16,19H,3-4,6,9-10,12H2,1-2H3. The highest BCUT2D eigenvalue weighted by atomic mass is 16.5. The molecule has 1 aromatic rings. The van der Waals surface area contributed by atoms with Crippen LogP contribution in [0.3, 0.4) is 0 Å². The molecule has 2 atom stereocenters. The number of nitriles is 1. The molecule has 0 heterocycles. The first-order valence-corrected chi connectivity index (χ1v) is 7.63. The van der Waals surface area contributed by atoms with Crippen LogP contribution in [0, 0.1) is 11.3 Å². The summed E-state index contributed by atoms with van der Waals surface area (Å²) in [4.78, 5) is 0. The third-order valence-electron chi connectivity index (χ3n) is 4.04. The molecule has 108 valence electrons. The highest BCUT2D eigenvalue weighted by Gasteiger charge is 2.36. The Morgan fingerprint density at radius 2 is 2.30 bits per heavy atom. The Morgan fingerprint density at radius 3 is 3.00 bits per heavy atom. The number of nitrogens with zero attached hydrogens (tertiary/aromatic N) is 1. The van der Waals surface area contributed by atoms with Crippen LogP contribution in [0.2, 0.25) is 0 Å². The van der Waals surface area contributed by atoms with E-state index < -0.39 is 5.54 Å². The van der Waals surface area contributed by atoms with Gasteiger partial charge in [-0.1, -0.05) is 26.0 Å². The minimum absolute atomic E-state index is 0.134. The summed E-state index contributed by atoms with van der Waals surface area (Å²) in [5.41, 5.74) is 0.886. The molecule has 0 saturated heterocycles. The summed E-state index contributed by atoms with van der Waals surface area (Å²) in [6, 6.07) is 10.7. The molecular formula is C17H24N2O. The summed E-state index contributed by atoms with van der Waals surface area (Å²) < 4.78 is 6.11. The lowest BCUT2D eigenvalue weighted by Gasteiger charge is -2.36. The number of aryl methyl sites for hydroxylation is 1. The maximum atomic E-state index is 9.47. The molecule has 0 aliphatic heterocycles. The number of rotatable bonds is 5. The lowest BCUT2D eigenvalue weighted by molar-refractivity contribution is 0.113. The third-order valence-corrected chi connectivity index (χ3v) is 4.04. The molecule has 1 N–H and O–H groups in total. The van der Waals surface area contributed by atoms with Gasteiger partial charge in [0, 0.05) is 6.42 Å². The molecule has 2 rings (SSSR count). The van der Waals surface area contributed by atoms with Crippen LogP contribution < -0.4 is 10.1 Å². The van der Waals surface area contributed by atoms with Gasteiger partial charge in [0.05, 0.1) is 6.07 Å². The molecule has 0 aromatic heterocycles. The molecule has 3 heteroatoms. The lowest BCUT2D eigenvalue weighted by atomic mass is 9.81. The van der Waals surface area contributed by atoms with Crippen molar-refractivity contribution in [2.24, 2.45) is 0 Å². The number of hydrogen-bond acceptors (Lipinski definition) is 3. The Labute approximate surface area is 121 Å². The largest absolute Gasteiger partial charge is 0.490 e. The second-order valence-corrected chi connectivity index (χ2v) is 5.56. The highest BCUT2D eigenvalue weighted by Crippen LogP contribution is 2.31. The molecule has 1 aliphatic carbocycles. The van der Waals surface area contributed by atoms with Crippen LogP contribution in [0.5, 0.6) is 5.75 Å². The average molecular weight is 272 g/mol. The molecule has 0 bridgehead atoms. The number of ether oxygens (including phenoxy) is 1. The van der Waals surface area contributed by atoms with E-state index >= 15 is 0 Å². The first-order valence-electron chi connectivity index (χ1n) is 7.63. The van der Waals surface area contributed by atoms with Crippen LogP contribution in [-0.4, -0.2) is 18.2 Å². The summed E-state index contributed by atoms with van der Waals surface area (Å²) >= 11 is 0. The van der Waals surface area contributed by atoms with Crippen LogP contribution in [-0.2, 0) is 6.42 Å². The van der Waals surface area contributed by atoms with E-state index in [0.29, 0.717) is 0 Å². The van der Waals surface area contributed by atoms with Crippen LogP contribution in [0.4, 0.5) is 0 Å². The van der Waals surface area contributed by atoms with E-state index in [1.807, 2.05) is 19.1 Å². The summed E-state index contributed by atoms with van der Waals surface area (Å²) in [7, 11) is 0. The first kappa shape index (κ1) is 14.9. The van der Waals surface area contributed by atoms with Gasteiger partial charge in [-0.3, -0.25) is 5.32 Å². The van der Waals surface area contributed by atoms with Crippen LogP contribution in [0.15, 0.2) is 24.3 Å². The van der Waals surface area contributed by atoms with Crippen molar-refractivity contribution >= 4 is 0 Å². The zero-order chi connectivity index (χ0) is 14.4. The molecule has 0 spiro atoms. The normalized spacial score (nSPS) is 25.9. The van der Waals surface area contributed by atoms with E-state index in [0.717, 1.165) is 44.4 Å². The lowest BCUT2D eigenvalue weighted by Crippen LogP contribution is -2.49. The van der Waals surface area contributed by atoms with E-state index in [1.54, 1.807) is 0 Å². The van der Waals surface area contributed by atoms with Gasteiger partial charge in [0.15, 0.2) is 0 Å². The quantitative estimate of drug-likeness (QED) is 0.893. The zero-order valence-electron chi connectivity index (χ0n) is 12.5. The van der Waals surface area contributed by atoms with Crippen molar-refractivity contribution in [3.8, 4) is 11.8 Å². The van der Waals surface area contributed by atoms with E-state index in [9.17, 15) is 5.26 Å². The van der Waals surface area contributed by atoms with Crippen molar-refractivity contribution < 1.29 is 4.74 Å². The third kappa shape index (κ3) is 3.52. The van der Waals surface area contributed by atoms with Crippen molar-refractivity contribution in [1.82, 2.24) is 5.32 Å². The van der Waals surface area contributed by atoms with E-state index in [-0.39, 0.29) is 6.10 Å². The van der Waals surface area contributed by atoms with Crippen LogP contribution >= 0.6 is 0 Å². The summed E-state index contributed by atoms with van der Waals surface area (Å²) in [6.45, 7) is 5.02. The van der Waals surface area contributed by atoms with Gasteiger partial charge < -0.3 is 4.74 Å². The molecule has 1 fully saturated rings. The predicted molar refractivity (Wildman–Crippen MR) is 80.7 cm³/mol. The second kappa shape index (κ2) is 6.76. The van der Waals surface area contributed by atoms with E-state index in [4.69, 9.17) is 4.74 Å². The van der Waals surface area contributed by atoms with Crippen molar-refractivity contribution in [3.05, 3.63) is 29.8 Å². The Balaban J connectivity index is 2.04. The van der Waals surface area contributed by atoms with Gasteiger partial charge in [0.1, 0.15) is 17.4 Å². The Kier molecular flexibility index (Phi) is 5.03. The molecule has 2 unspecified atom stereocenters. The fraction of sp³-hybridized carbons (Fsp3) is 0.588. The Morgan fingerprint density at radius 1 is 1.45 bits per heavy atom. The smallest absolute Gasteiger partial charge is 0.119 e. The molecular weight excluding hydrogens is 248 g/mol. The molecule has 1 saturated carbocycles. The average Bonchev–Trinajstić information content (AvgIpc) is 2.48. The van der Waals surface area contributed by atoms with Gasteiger partial charge in [-0.15, -0.1) is 0 Å². The highest BCUT2D eigenvalue weighted by molar-refractivity contribution is 5.29. The zero-order valence-corrected chi connectivity index (χ0v) is 12.5. The number of hydrogen-bond donors (Lipinski definition) is 1. The monoisotopic (exact) mass is 272 g/mol. The molecule has 0 amide bonds. The molecule has 1 aromatic carbocycles. The van der Waals surface area contributed by atoms with Crippen molar-refractivity contribution in [3.63, 3.8) is 0 Å². The summed E-state index contributed by atoms with van der Waals surface area (Å²) in [5, 5.41) is 12.8. The topological polar surface area (TPSA) is 45.0 Å². The van der Waals surface area contributed by atoms with Gasteiger partial charge in [-0.05, 0) is 49.9 Å². The van der Waals surface area contributed by atoms with Gasteiger partial charge in [-0.25, -0.2) is 0 Å². The maximum absolute atomic E-state index is 9.47.